The predicted molar refractivity (Wildman–Crippen MR) is 120 cm³/mol. The first-order chi connectivity index (χ1) is 14.2. The molecule has 2 aliphatic rings. The molecule has 1 saturated carbocycles. The van der Waals surface area contributed by atoms with Gasteiger partial charge in [0, 0.05) is 30.3 Å². The van der Waals surface area contributed by atoms with Crippen molar-refractivity contribution >= 4 is 32.4 Å². The number of hydrogen-bond donors (Lipinski definition) is 1. The molecule has 1 amide bonds. The number of aromatic nitrogens is 1. The van der Waals surface area contributed by atoms with Crippen molar-refractivity contribution < 1.29 is 13.2 Å². The minimum atomic E-state index is -3.58. The van der Waals surface area contributed by atoms with Crippen molar-refractivity contribution in [1.29, 1.82) is 0 Å². The first-order valence-corrected chi connectivity index (χ1v) is 12.8. The number of hydrogen-bond acceptors (Lipinski definition) is 5. The average Bonchev–Trinajstić information content (AvgIpc) is 3.46. The number of carbonyl (C=O) groups excluding carboxylic acids is 1. The van der Waals surface area contributed by atoms with Gasteiger partial charge in [-0.3, -0.25) is 4.79 Å². The number of rotatable bonds is 5. The Morgan fingerprint density at radius 2 is 1.67 bits per heavy atom. The molecule has 1 aromatic heterocycles. The van der Waals surface area contributed by atoms with Crippen LogP contribution in [0.25, 0.3) is 0 Å². The van der Waals surface area contributed by atoms with E-state index < -0.39 is 10.0 Å². The Morgan fingerprint density at radius 1 is 1.07 bits per heavy atom. The van der Waals surface area contributed by atoms with E-state index in [4.69, 9.17) is 0 Å². The maximum Gasteiger partial charge on any atom is 0.243 e. The fourth-order valence-corrected chi connectivity index (χ4v) is 7.01. The lowest BCUT2D eigenvalue weighted by Crippen LogP contribution is -2.41. The standard InChI is InChI=1S/C22H29N3O3S2/c1-13-11-14(2)16(4)20(15(13)3)30(27,28)25-9-7-18(8-10-25)21(26)24-22-23-19(12-29-22)17-5-6-17/h11-12,17-18H,5-10H2,1-4H3,(H,23,24,26). The van der Waals surface area contributed by atoms with E-state index in [1.165, 1.54) is 24.2 Å². The van der Waals surface area contributed by atoms with Crippen LogP contribution in [0.15, 0.2) is 16.3 Å². The summed E-state index contributed by atoms with van der Waals surface area (Å²) in [6, 6.07) is 2.04. The Hall–Kier alpha value is -1.77. The van der Waals surface area contributed by atoms with Gasteiger partial charge in [-0.1, -0.05) is 6.07 Å². The van der Waals surface area contributed by atoms with Gasteiger partial charge in [-0.25, -0.2) is 13.4 Å². The highest BCUT2D eigenvalue weighted by Gasteiger charge is 2.34. The normalized spacial score (nSPS) is 18.5. The molecule has 1 saturated heterocycles. The molecule has 162 valence electrons. The van der Waals surface area contributed by atoms with Crippen LogP contribution in [-0.4, -0.2) is 36.7 Å². The minimum absolute atomic E-state index is 0.0532. The van der Waals surface area contributed by atoms with Crippen LogP contribution >= 0.6 is 11.3 Å². The quantitative estimate of drug-likeness (QED) is 0.741. The minimum Gasteiger partial charge on any atom is -0.302 e. The lowest BCUT2D eigenvalue weighted by Gasteiger charge is -2.31. The molecular weight excluding hydrogens is 418 g/mol. The van der Waals surface area contributed by atoms with Crippen molar-refractivity contribution in [3.05, 3.63) is 39.4 Å². The van der Waals surface area contributed by atoms with Crippen molar-refractivity contribution in [3.8, 4) is 0 Å². The molecule has 1 aliphatic heterocycles. The van der Waals surface area contributed by atoms with Crippen molar-refractivity contribution in [2.45, 2.75) is 64.2 Å². The van der Waals surface area contributed by atoms with Crippen LogP contribution in [-0.2, 0) is 14.8 Å². The summed E-state index contributed by atoms with van der Waals surface area (Å²) >= 11 is 1.47. The summed E-state index contributed by atoms with van der Waals surface area (Å²) in [6.45, 7) is 8.36. The lowest BCUT2D eigenvalue weighted by molar-refractivity contribution is -0.120. The molecule has 1 N–H and O–H groups in total. The third-order valence-corrected chi connectivity index (χ3v) is 9.42. The van der Waals surface area contributed by atoms with Gasteiger partial charge in [0.1, 0.15) is 0 Å². The van der Waals surface area contributed by atoms with Gasteiger partial charge >= 0.3 is 0 Å². The van der Waals surface area contributed by atoms with Crippen LogP contribution in [0.4, 0.5) is 5.13 Å². The zero-order chi connectivity index (χ0) is 21.6. The average molecular weight is 448 g/mol. The van der Waals surface area contributed by atoms with Gasteiger partial charge in [0.05, 0.1) is 10.6 Å². The summed E-state index contributed by atoms with van der Waals surface area (Å²) in [5.74, 6) is 0.325. The number of piperidine rings is 1. The Kier molecular flexibility index (Phi) is 5.76. The number of anilines is 1. The first-order valence-electron chi connectivity index (χ1n) is 10.5. The largest absolute Gasteiger partial charge is 0.302 e. The maximum atomic E-state index is 13.4. The molecule has 0 atom stereocenters. The smallest absolute Gasteiger partial charge is 0.243 e. The third kappa shape index (κ3) is 4.05. The molecule has 2 fully saturated rings. The predicted octanol–water partition coefficient (Wildman–Crippen LogP) is 4.29. The molecular formula is C22H29N3O3S2. The summed E-state index contributed by atoms with van der Waals surface area (Å²) in [5, 5.41) is 5.61. The van der Waals surface area contributed by atoms with Gasteiger partial charge in [0.2, 0.25) is 15.9 Å². The van der Waals surface area contributed by atoms with Crippen LogP contribution in [0.5, 0.6) is 0 Å². The number of nitrogens with zero attached hydrogens (tertiary/aromatic N) is 2. The molecule has 2 heterocycles. The van der Waals surface area contributed by atoms with E-state index in [0.29, 0.717) is 41.9 Å². The van der Waals surface area contributed by atoms with E-state index in [1.54, 1.807) is 4.31 Å². The van der Waals surface area contributed by atoms with Gasteiger partial charge in [0.15, 0.2) is 5.13 Å². The molecule has 0 radical (unpaired) electrons. The molecule has 30 heavy (non-hydrogen) atoms. The SMILES string of the molecule is Cc1cc(C)c(C)c(S(=O)(=O)N2CCC(C(=O)Nc3nc(C4CC4)cs3)CC2)c1C. The highest BCUT2D eigenvalue weighted by molar-refractivity contribution is 7.89. The van der Waals surface area contributed by atoms with Crippen LogP contribution < -0.4 is 5.32 Å². The highest BCUT2D eigenvalue weighted by atomic mass is 32.2. The van der Waals surface area contributed by atoms with Crippen molar-refractivity contribution in [1.82, 2.24) is 9.29 Å². The summed E-state index contributed by atoms with van der Waals surface area (Å²) in [5.41, 5.74) is 4.68. The maximum absolute atomic E-state index is 13.4. The van der Waals surface area contributed by atoms with Crippen LogP contribution in [0.1, 0.15) is 59.5 Å². The fourth-order valence-electron chi connectivity index (χ4n) is 4.17. The van der Waals surface area contributed by atoms with E-state index in [1.807, 2.05) is 39.1 Å². The number of amides is 1. The number of benzene rings is 1. The number of nitrogens with one attached hydrogen (secondary N) is 1. The number of thiazole rings is 1. The van der Waals surface area contributed by atoms with E-state index in [9.17, 15) is 13.2 Å². The molecule has 0 bridgehead atoms. The number of aryl methyl sites for hydroxylation is 2. The van der Waals surface area contributed by atoms with Crippen molar-refractivity contribution in [3.63, 3.8) is 0 Å². The van der Waals surface area contributed by atoms with E-state index in [-0.39, 0.29) is 11.8 Å². The molecule has 8 heteroatoms. The van der Waals surface area contributed by atoms with Gasteiger partial charge in [0.25, 0.3) is 0 Å². The second-order valence-corrected chi connectivity index (χ2v) is 11.3. The van der Waals surface area contributed by atoms with Crippen LogP contribution in [0.3, 0.4) is 0 Å². The molecule has 0 spiro atoms. The Morgan fingerprint density at radius 3 is 2.23 bits per heavy atom. The summed E-state index contributed by atoms with van der Waals surface area (Å²) in [7, 11) is -3.58. The summed E-state index contributed by atoms with van der Waals surface area (Å²) in [4.78, 5) is 17.6. The van der Waals surface area contributed by atoms with E-state index in [2.05, 4.69) is 10.3 Å². The zero-order valence-corrected chi connectivity index (χ0v) is 19.6. The molecule has 1 aliphatic carbocycles. The molecule has 6 nitrogen and oxygen atoms in total. The monoisotopic (exact) mass is 447 g/mol. The third-order valence-electron chi connectivity index (χ3n) is 6.47. The molecule has 0 unspecified atom stereocenters. The Labute approximate surface area is 182 Å². The number of sulfonamides is 1. The van der Waals surface area contributed by atoms with Gasteiger partial charge in [-0.2, -0.15) is 4.31 Å². The fraction of sp³-hybridized carbons (Fsp3) is 0.545. The summed E-state index contributed by atoms with van der Waals surface area (Å²) in [6.07, 6.45) is 3.41. The molecule has 1 aromatic carbocycles. The lowest BCUT2D eigenvalue weighted by atomic mass is 9.97. The van der Waals surface area contributed by atoms with Crippen molar-refractivity contribution in [2.75, 3.05) is 18.4 Å². The second kappa shape index (κ2) is 8.05. The first kappa shape index (κ1) is 21.5. The van der Waals surface area contributed by atoms with E-state index >= 15 is 0 Å². The molecule has 2 aromatic rings. The topological polar surface area (TPSA) is 79.4 Å². The van der Waals surface area contributed by atoms with Gasteiger partial charge < -0.3 is 5.32 Å². The van der Waals surface area contributed by atoms with E-state index in [0.717, 1.165) is 27.9 Å². The van der Waals surface area contributed by atoms with Crippen molar-refractivity contribution in [2.24, 2.45) is 5.92 Å². The number of carbonyl (C=O) groups is 1. The van der Waals surface area contributed by atoms with Gasteiger partial charge in [-0.05, 0) is 75.6 Å². The van der Waals surface area contributed by atoms with Crippen LogP contribution in [0, 0.1) is 33.6 Å². The highest BCUT2D eigenvalue weighted by Crippen LogP contribution is 2.41. The Bertz CT molecular complexity index is 1050. The summed E-state index contributed by atoms with van der Waals surface area (Å²) < 4.78 is 28.3. The van der Waals surface area contributed by atoms with Crippen LogP contribution in [0.2, 0.25) is 0 Å². The van der Waals surface area contributed by atoms with Gasteiger partial charge in [-0.15, -0.1) is 11.3 Å². The molecule has 4 rings (SSSR count). The zero-order valence-electron chi connectivity index (χ0n) is 18.0. The Balaban J connectivity index is 1.43. The second-order valence-electron chi connectivity index (χ2n) is 8.61.